The van der Waals surface area contributed by atoms with E-state index in [4.69, 9.17) is 4.74 Å². The highest BCUT2D eigenvalue weighted by atomic mass is 32.2. The average molecular weight is 404 g/mol. The van der Waals surface area contributed by atoms with Gasteiger partial charge in [-0.05, 0) is 30.3 Å². The van der Waals surface area contributed by atoms with E-state index in [9.17, 15) is 13.2 Å². The first-order chi connectivity index (χ1) is 13.3. The Labute approximate surface area is 166 Å². The van der Waals surface area contributed by atoms with Crippen molar-refractivity contribution >= 4 is 27.3 Å². The van der Waals surface area contributed by atoms with Crippen molar-refractivity contribution in [2.75, 3.05) is 55.8 Å². The Hall–Kier alpha value is -2.74. The van der Waals surface area contributed by atoms with Gasteiger partial charge in [0, 0.05) is 38.9 Å². The molecule has 7 nitrogen and oxygen atoms in total. The lowest BCUT2D eigenvalue weighted by Gasteiger charge is -2.36. The van der Waals surface area contributed by atoms with Crippen LogP contribution in [-0.2, 0) is 10.0 Å². The van der Waals surface area contributed by atoms with Crippen LogP contribution in [0.25, 0.3) is 0 Å². The maximum Gasteiger partial charge on any atom is 0.257 e. The van der Waals surface area contributed by atoms with Gasteiger partial charge in [0.1, 0.15) is 5.75 Å². The molecule has 0 radical (unpaired) electrons. The zero-order valence-electron chi connectivity index (χ0n) is 16.3. The lowest BCUT2D eigenvalue weighted by Crippen LogP contribution is -2.48. The molecule has 0 N–H and O–H groups in total. The highest BCUT2D eigenvalue weighted by Crippen LogP contribution is 2.27. The number of nitrogens with zero attached hydrogens (tertiary/aromatic N) is 3. The van der Waals surface area contributed by atoms with Crippen LogP contribution < -0.4 is 13.9 Å². The summed E-state index contributed by atoms with van der Waals surface area (Å²) in [6, 6.07) is 14.9. The van der Waals surface area contributed by atoms with Crippen molar-refractivity contribution in [2.45, 2.75) is 0 Å². The summed E-state index contributed by atoms with van der Waals surface area (Å²) >= 11 is 0. The molecule has 0 aromatic heterocycles. The normalized spacial score (nSPS) is 14.7. The first kappa shape index (κ1) is 20.0. The van der Waals surface area contributed by atoms with E-state index in [1.807, 2.05) is 18.2 Å². The van der Waals surface area contributed by atoms with E-state index in [-0.39, 0.29) is 5.91 Å². The van der Waals surface area contributed by atoms with Gasteiger partial charge in [-0.25, -0.2) is 8.42 Å². The first-order valence-electron chi connectivity index (χ1n) is 9.02. The molecule has 0 aliphatic carbocycles. The molecule has 1 aliphatic heterocycles. The Morgan fingerprint density at radius 2 is 1.68 bits per heavy atom. The number of carbonyl (C=O) groups is 1. The lowest BCUT2D eigenvalue weighted by molar-refractivity contribution is 0.0743. The fourth-order valence-corrected chi connectivity index (χ4v) is 3.72. The van der Waals surface area contributed by atoms with Gasteiger partial charge in [-0.1, -0.05) is 18.2 Å². The smallest absolute Gasteiger partial charge is 0.257 e. The number of anilines is 2. The summed E-state index contributed by atoms with van der Waals surface area (Å²) in [5.41, 5.74) is 1.93. The maximum absolute atomic E-state index is 13.1. The van der Waals surface area contributed by atoms with Crippen LogP contribution in [0, 0.1) is 0 Å². The first-order valence-corrected chi connectivity index (χ1v) is 10.9. The van der Waals surface area contributed by atoms with Crippen LogP contribution in [0.15, 0.2) is 48.5 Å². The van der Waals surface area contributed by atoms with Gasteiger partial charge in [0.2, 0.25) is 10.0 Å². The van der Waals surface area contributed by atoms with Crippen LogP contribution in [0.5, 0.6) is 5.75 Å². The lowest BCUT2D eigenvalue weighted by atomic mass is 10.1. The number of piperazine rings is 1. The summed E-state index contributed by atoms with van der Waals surface area (Å²) in [4.78, 5) is 17.1. The monoisotopic (exact) mass is 403 g/mol. The molecule has 1 aliphatic rings. The highest BCUT2D eigenvalue weighted by Gasteiger charge is 2.25. The third-order valence-corrected chi connectivity index (χ3v) is 6.17. The van der Waals surface area contributed by atoms with Crippen molar-refractivity contribution in [2.24, 2.45) is 0 Å². The summed E-state index contributed by atoms with van der Waals surface area (Å²) in [5.74, 6) is 0.273. The Morgan fingerprint density at radius 1 is 1.04 bits per heavy atom. The number of hydrogen-bond donors (Lipinski definition) is 0. The van der Waals surface area contributed by atoms with Crippen molar-refractivity contribution in [3.63, 3.8) is 0 Å². The fraction of sp³-hybridized carbons (Fsp3) is 0.350. The van der Waals surface area contributed by atoms with Crippen LogP contribution >= 0.6 is 0 Å². The van der Waals surface area contributed by atoms with Crippen LogP contribution in [0.4, 0.5) is 11.4 Å². The quantitative estimate of drug-likeness (QED) is 0.764. The van der Waals surface area contributed by atoms with E-state index < -0.39 is 10.0 Å². The molecule has 1 amide bonds. The molecular formula is C20H25N3O4S. The van der Waals surface area contributed by atoms with Crippen molar-refractivity contribution in [1.82, 2.24) is 4.90 Å². The molecule has 0 spiro atoms. The van der Waals surface area contributed by atoms with Gasteiger partial charge in [-0.15, -0.1) is 0 Å². The molecule has 1 saturated heterocycles. The molecular weight excluding hydrogens is 378 g/mol. The molecule has 8 heteroatoms. The topological polar surface area (TPSA) is 70.2 Å². The number of carbonyl (C=O) groups excluding carboxylic acids is 1. The molecule has 0 bridgehead atoms. The Kier molecular flexibility index (Phi) is 5.79. The number of rotatable bonds is 5. The van der Waals surface area contributed by atoms with Crippen LogP contribution in [-0.4, -0.2) is 65.8 Å². The molecule has 150 valence electrons. The second-order valence-corrected chi connectivity index (χ2v) is 8.74. The van der Waals surface area contributed by atoms with E-state index in [1.165, 1.54) is 14.2 Å². The van der Waals surface area contributed by atoms with Crippen LogP contribution in [0.1, 0.15) is 10.4 Å². The predicted molar refractivity (Wildman–Crippen MR) is 111 cm³/mol. The number of hydrogen-bond acceptors (Lipinski definition) is 5. The Bertz CT molecular complexity index is 939. The fourth-order valence-electron chi connectivity index (χ4n) is 3.23. The molecule has 0 atom stereocenters. The van der Waals surface area contributed by atoms with Crippen molar-refractivity contribution in [3.8, 4) is 5.75 Å². The molecule has 2 aromatic carbocycles. The number of para-hydroxylation sites is 1. The molecule has 0 saturated carbocycles. The summed E-state index contributed by atoms with van der Waals surface area (Å²) in [6.45, 7) is 2.65. The molecule has 0 unspecified atom stereocenters. The minimum atomic E-state index is -3.42. The molecule has 3 rings (SSSR count). The summed E-state index contributed by atoms with van der Waals surface area (Å²) in [7, 11) is -0.458. The minimum absolute atomic E-state index is 0.159. The number of amides is 1. The number of methoxy groups -OCH3 is 1. The van der Waals surface area contributed by atoms with Crippen molar-refractivity contribution in [1.29, 1.82) is 0 Å². The van der Waals surface area contributed by atoms with E-state index in [2.05, 4.69) is 17.0 Å². The van der Waals surface area contributed by atoms with Gasteiger partial charge < -0.3 is 14.5 Å². The van der Waals surface area contributed by atoms with Gasteiger partial charge >= 0.3 is 0 Å². The zero-order valence-corrected chi connectivity index (χ0v) is 17.1. The second kappa shape index (κ2) is 8.10. The number of benzene rings is 2. The van der Waals surface area contributed by atoms with Crippen LogP contribution in [0.2, 0.25) is 0 Å². The Morgan fingerprint density at radius 3 is 2.25 bits per heavy atom. The summed E-state index contributed by atoms with van der Waals surface area (Å²) in [5, 5.41) is 0. The summed E-state index contributed by atoms with van der Waals surface area (Å²) in [6.07, 6.45) is 1.13. The average Bonchev–Trinajstić information content (AvgIpc) is 2.72. The van der Waals surface area contributed by atoms with Crippen molar-refractivity contribution in [3.05, 3.63) is 54.1 Å². The van der Waals surface area contributed by atoms with E-state index in [0.29, 0.717) is 30.1 Å². The highest BCUT2D eigenvalue weighted by molar-refractivity contribution is 7.92. The largest absolute Gasteiger partial charge is 0.496 e. The summed E-state index contributed by atoms with van der Waals surface area (Å²) < 4.78 is 30.2. The van der Waals surface area contributed by atoms with E-state index in [0.717, 1.165) is 29.3 Å². The third-order valence-electron chi connectivity index (χ3n) is 4.96. The standard InChI is InChI=1S/C20H25N3O4S/c1-21(28(3,25)26)17-9-10-19(27-2)18(15-17)20(24)23-13-11-22(12-14-23)16-7-5-4-6-8-16/h4-10,15H,11-14H2,1-3H3. The number of sulfonamides is 1. The van der Waals surface area contributed by atoms with E-state index in [1.54, 1.807) is 23.1 Å². The van der Waals surface area contributed by atoms with Gasteiger partial charge in [0.15, 0.2) is 0 Å². The SMILES string of the molecule is COc1ccc(N(C)S(C)(=O)=O)cc1C(=O)N1CCN(c2ccccc2)CC1. The molecule has 2 aromatic rings. The number of ether oxygens (including phenoxy) is 1. The Balaban J connectivity index is 1.78. The van der Waals surface area contributed by atoms with E-state index >= 15 is 0 Å². The van der Waals surface area contributed by atoms with Gasteiger partial charge in [0.05, 0.1) is 24.6 Å². The minimum Gasteiger partial charge on any atom is -0.496 e. The van der Waals surface area contributed by atoms with Crippen molar-refractivity contribution < 1.29 is 17.9 Å². The second-order valence-electron chi connectivity index (χ2n) is 6.73. The van der Waals surface area contributed by atoms with Gasteiger partial charge in [-0.3, -0.25) is 9.10 Å². The molecule has 28 heavy (non-hydrogen) atoms. The van der Waals surface area contributed by atoms with Crippen LogP contribution in [0.3, 0.4) is 0 Å². The molecule has 1 fully saturated rings. The predicted octanol–water partition coefficient (Wildman–Crippen LogP) is 2.05. The third kappa shape index (κ3) is 4.22. The van der Waals surface area contributed by atoms with Gasteiger partial charge in [-0.2, -0.15) is 0 Å². The molecule has 1 heterocycles. The maximum atomic E-state index is 13.1. The zero-order chi connectivity index (χ0) is 20.3. The van der Waals surface area contributed by atoms with Gasteiger partial charge in [0.25, 0.3) is 5.91 Å².